The zero-order chi connectivity index (χ0) is 15.7. The Hall–Kier alpha value is -1.42. The Morgan fingerprint density at radius 1 is 1.32 bits per heavy atom. The molecule has 0 aliphatic carbocycles. The van der Waals surface area contributed by atoms with Gasteiger partial charge in [0.1, 0.15) is 5.82 Å². The molecule has 3 rings (SSSR count). The van der Waals surface area contributed by atoms with E-state index in [1.807, 2.05) is 24.9 Å². The number of nitrogens with zero attached hydrogens (tertiary/aromatic N) is 1. The first kappa shape index (κ1) is 15.5. The Morgan fingerprint density at radius 2 is 1.95 bits per heavy atom. The minimum atomic E-state index is -0.217. The Morgan fingerprint density at radius 3 is 2.59 bits per heavy atom. The number of amides is 1. The topological polar surface area (TPSA) is 32.3 Å². The molecule has 0 radical (unpaired) electrons. The monoisotopic (exact) mass is 304 g/mol. The van der Waals surface area contributed by atoms with E-state index in [1.165, 1.54) is 18.9 Å². The number of carbonyl (C=O) groups excluding carboxylic acids is 1. The molecule has 2 bridgehead atoms. The SMILES string of the molecule is CC(CC(=O)N(C)C1CC2CCC(C1)N2)c1ccccc1F. The van der Waals surface area contributed by atoms with Crippen LogP contribution in [-0.2, 0) is 4.79 Å². The highest BCUT2D eigenvalue weighted by molar-refractivity contribution is 5.77. The lowest BCUT2D eigenvalue weighted by Crippen LogP contribution is -2.48. The molecule has 0 aromatic heterocycles. The van der Waals surface area contributed by atoms with Gasteiger partial charge in [-0.05, 0) is 43.2 Å². The predicted molar refractivity (Wildman–Crippen MR) is 85.2 cm³/mol. The highest BCUT2D eigenvalue weighted by Gasteiger charge is 2.36. The van der Waals surface area contributed by atoms with E-state index in [0.29, 0.717) is 30.1 Å². The fraction of sp³-hybridized carbons (Fsp3) is 0.611. The van der Waals surface area contributed by atoms with Gasteiger partial charge in [-0.15, -0.1) is 0 Å². The quantitative estimate of drug-likeness (QED) is 0.927. The summed E-state index contributed by atoms with van der Waals surface area (Å²) in [6.45, 7) is 1.93. The molecule has 0 spiro atoms. The van der Waals surface area contributed by atoms with E-state index in [4.69, 9.17) is 0 Å². The third-order valence-electron chi connectivity index (χ3n) is 5.31. The second-order valence-corrected chi connectivity index (χ2v) is 6.89. The van der Waals surface area contributed by atoms with E-state index < -0.39 is 0 Å². The molecule has 2 saturated heterocycles. The largest absolute Gasteiger partial charge is 0.343 e. The van der Waals surface area contributed by atoms with Gasteiger partial charge in [-0.2, -0.15) is 0 Å². The molecule has 3 nitrogen and oxygen atoms in total. The molecule has 2 aliphatic rings. The van der Waals surface area contributed by atoms with E-state index in [-0.39, 0.29) is 17.6 Å². The van der Waals surface area contributed by atoms with Crippen molar-refractivity contribution in [1.82, 2.24) is 10.2 Å². The van der Waals surface area contributed by atoms with Crippen LogP contribution in [-0.4, -0.2) is 36.0 Å². The minimum absolute atomic E-state index is 0.0883. The van der Waals surface area contributed by atoms with Gasteiger partial charge in [0.05, 0.1) is 0 Å². The number of hydrogen-bond donors (Lipinski definition) is 1. The van der Waals surface area contributed by atoms with E-state index in [1.54, 1.807) is 12.1 Å². The Labute approximate surface area is 131 Å². The first-order chi connectivity index (χ1) is 10.5. The van der Waals surface area contributed by atoms with Gasteiger partial charge in [-0.3, -0.25) is 4.79 Å². The van der Waals surface area contributed by atoms with Crippen LogP contribution < -0.4 is 5.32 Å². The number of rotatable bonds is 4. The summed E-state index contributed by atoms with van der Waals surface area (Å²) in [7, 11) is 1.91. The summed E-state index contributed by atoms with van der Waals surface area (Å²) in [6, 6.07) is 8.23. The summed E-state index contributed by atoms with van der Waals surface area (Å²) in [4.78, 5) is 14.5. The summed E-state index contributed by atoms with van der Waals surface area (Å²) in [5.74, 6) is -0.179. The van der Waals surface area contributed by atoms with Gasteiger partial charge >= 0.3 is 0 Å². The molecule has 3 atom stereocenters. The van der Waals surface area contributed by atoms with Crippen molar-refractivity contribution in [2.75, 3.05) is 7.05 Å². The molecule has 120 valence electrons. The van der Waals surface area contributed by atoms with Crippen LogP contribution in [0.4, 0.5) is 4.39 Å². The molecule has 2 aliphatic heterocycles. The standard InChI is InChI=1S/C18H25FN2O/c1-12(16-5-3-4-6-17(16)19)9-18(22)21(2)15-10-13-7-8-14(11-15)20-13/h3-6,12-15,20H,7-11H2,1-2H3. The molecule has 0 saturated carbocycles. The van der Waals surface area contributed by atoms with E-state index >= 15 is 0 Å². The number of benzene rings is 1. The molecular formula is C18H25FN2O. The van der Waals surface area contributed by atoms with Gasteiger partial charge in [-0.25, -0.2) is 4.39 Å². The average Bonchev–Trinajstić information content (AvgIpc) is 2.85. The first-order valence-electron chi connectivity index (χ1n) is 8.30. The Bertz CT molecular complexity index is 536. The smallest absolute Gasteiger partial charge is 0.223 e. The van der Waals surface area contributed by atoms with Gasteiger partial charge in [0, 0.05) is 31.6 Å². The maximum atomic E-state index is 13.8. The molecule has 1 N–H and O–H groups in total. The lowest BCUT2D eigenvalue weighted by atomic mass is 9.94. The number of piperidine rings is 1. The van der Waals surface area contributed by atoms with Crippen LogP contribution >= 0.6 is 0 Å². The van der Waals surface area contributed by atoms with Crippen molar-refractivity contribution >= 4 is 5.91 Å². The van der Waals surface area contributed by atoms with Crippen LogP contribution in [0.5, 0.6) is 0 Å². The molecule has 1 aromatic carbocycles. The van der Waals surface area contributed by atoms with E-state index in [9.17, 15) is 9.18 Å². The zero-order valence-electron chi connectivity index (χ0n) is 13.4. The van der Waals surface area contributed by atoms with Crippen molar-refractivity contribution < 1.29 is 9.18 Å². The fourth-order valence-electron chi connectivity index (χ4n) is 3.94. The first-order valence-corrected chi connectivity index (χ1v) is 8.30. The van der Waals surface area contributed by atoms with Crippen LogP contribution in [0.3, 0.4) is 0 Å². The molecule has 1 amide bonds. The second-order valence-electron chi connectivity index (χ2n) is 6.89. The van der Waals surface area contributed by atoms with Gasteiger partial charge in [-0.1, -0.05) is 25.1 Å². The maximum absolute atomic E-state index is 13.8. The highest BCUT2D eigenvalue weighted by atomic mass is 19.1. The van der Waals surface area contributed by atoms with Crippen molar-refractivity contribution in [3.63, 3.8) is 0 Å². The number of fused-ring (bicyclic) bond motifs is 2. The van der Waals surface area contributed by atoms with Crippen LogP contribution in [0.1, 0.15) is 50.5 Å². The van der Waals surface area contributed by atoms with Crippen molar-refractivity contribution in [2.45, 2.75) is 63.1 Å². The third kappa shape index (κ3) is 3.17. The number of halogens is 1. The number of nitrogens with one attached hydrogen (secondary N) is 1. The highest BCUT2D eigenvalue weighted by Crippen LogP contribution is 2.30. The maximum Gasteiger partial charge on any atom is 0.223 e. The van der Waals surface area contributed by atoms with Crippen molar-refractivity contribution in [3.05, 3.63) is 35.6 Å². The molecular weight excluding hydrogens is 279 g/mol. The lowest BCUT2D eigenvalue weighted by Gasteiger charge is -2.36. The fourth-order valence-corrected chi connectivity index (χ4v) is 3.94. The van der Waals surface area contributed by atoms with Crippen LogP contribution in [0.2, 0.25) is 0 Å². The molecule has 2 heterocycles. The van der Waals surface area contributed by atoms with Gasteiger partial charge < -0.3 is 10.2 Å². The average molecular weight is 304 g/mol. The van der Waals surface area contributed by atoms with Gasteiger partial charge in [0.25, 0.3) is 0 Å². The molecule has 3 unspecified atom stereocenters. The zero-order valence-corrected chi connectivity index (χ0v) is 13.4. The van der Waals surface area contributed by atoms with Crippen LogP contribution in [0.25, 0.3) is 0 Å². The van der Waals surface area contributed by atoms with E-state index in [0.717, 1.165) is 12.8 Å². The van der Waals surface area contributed by atoms with Crippen LogP contribution in [0.15, 0.2) is 24.3 Å². The third-order valence-corrected chi connectivity index (χ3v) is 5.31. The molecule has 1 aromatic rings. The van der Waals surface area contributed by atoms with Crippen molar-refractivity contribution in [2.24, 2.45) is 0 Å². The summed E-state index contributed by atoms with van der Waals surface area (Å²) in [5, 5.41) is 3.60. The normalized spacial score (nSPS) is 28.4. The summed E-state index contributed by atoms with van der Waals surface area (Å²) < 4.78 is 13.8. The Kier molecular flexibility index (Phi) is 4.48. The lowest BCUT2D eigenvalue weighted by molar-refractivity contribution is -0.133. The summed E-state index contributed by atoms with van der Waals surface area (Å²) >= 11 is 0. The molecule has 2 fully saturated rings. The minimum Gasteiger partial charge on any atom is -0.343 e. The molecule has 22 heavy (non-hydrogen) atoms. The van der Waals surface area contributed by atoms with Crippen molar-refractivity contribution in [3.8, 4) is 0 Å². The van der Waals surface area contributed by atoms with Crippen molar-refractivity contribution in [1.29, 1.82) is 0 Å². The second kappa shape index (κ2) is 6.37. The summed E-state index contributed by atoms with van der Waals surface area (Å²) in [6.07, 6.45) is 4.93. The Balaban J connectivity index is 1.60. The van der Waals surface area contributed by atoms with Gasteiger partial charge in [0.15, 0.2) is 0 Å². The predicted octanol–water partition coefficient (Wildman–Crippen LogP) is 3.06. The molecule has 4 heteroatoms. The van der Waals surface area contributed by atoms with Gasteiger partial charge in [0.2, 0.25) is 5.91 Å². The van der Waals surface area contributed by atoms with Crippen LogP contribution in [0, 0.1) is 5.82 Å². The number of carbonyl (C=O) groups is 1. The van der Waals surface area contributed by atoms with E-state index in [2.05, 4.69) is 5.32 Å². The summed E-state index contributed by atoms with van der Waals surface area (Å²) in [5.41, 5.74) is 0.634. The number of hydrogen-bond acceptors (Lipinski definition) is 2.